The van der Waals surface area contributed by atoms with Gasteiger partial charge in [0, 0.05) is 53.4 Å². The van der Waals surface area contributed by atoms with E-state index in [1.807, 2.05) is 18.2 Å². The maximum absolute atomic E-state index is 13.1. The number of carbonyl (C=O) groups excluding carboxylic acids is 1. The Morgan fingerprint density at radius 1 is 1.05 bits per heavy atom. The van der Waals surface area contributed by atoms with Crippen LogP contribution in [0.5, 0.6) is 5.75 Å². The van der Waals surface area contributed by atoms with Gasteiger partial charge in [-0.05, 0) is 67.8 Å². The van der Waals surface area contributed by atoms with Crippen LogP contribution in [0.2, 0.25) is 0 Å². The normalized spacial score (nSPS) is 24.0. The number of aliphatic carboxylic acids is 1. The van der Waals surface area contributed by atoms with E-state index in [1.54, 1.807) is 7.11 Å². The van der Waals surface area contributed by atoms with Gasteiger partial charge in [-0.15, -0.1) is 0 Å². The molecular weight excluding hydrogens is 575 g/mol. The van der Waals surface area contributed by atoms with E-state index in [-0.39, 0.29) is 11.8 Å². The maximum Gasteiger partial charge on any atom is 0.490 e. The lowest BCUT2D eigenvalue weighted by Gasteiger charge is -2.37. The third-order valence-corrected chi connectivity index (χ3v) is 8.62. The first-order valence-electron chi connectivity index (χ1n) is 14.3. The van der Waals surface area contributed by atoms with E-state index < -0.39 is 17.6 Å². The van der Waals surface area contributed by atoms with Gasteiger partial charge in [-0.2, -0.15) is 18.3 Å². The summed E-state index contributed by atoms with van der Waals surface area (Å²) in [5, 5.41) is 22.8. The molecule has 3 heterocycles. The van der Waals surface area contributed by atoms with Gasteiger partial charge in [0.05, 0.1) is 23.7 Å². The van der Waals surface area contributed by atoms with Crippen LogP contribution in [0.25, 0.3) is 22.2 Å². The number of nitrogens with one attached hydrogen (secondary N) is 3. The molecule has 4 N–H and O–H groups in total. The number of benzene rings is 3. The lowest BCUT2D eigenvalue weighted by Crippen LogP contribution is -2.54. The number of halogens is 3. The number of ether oxygens (including phenoxy) is 1. The van der Waals surface area contributed by atoms with Gasteiger partial charge in [-0.3, -0.25) is 9.89 Å². The molecule has 7 rings (SSSR count). The van der Waals surface area contributed by atoms with Crippen molar-refractivity contribution in [1.29, 1.82) is 0 Å². The molecule has 1 spiro atoms. The highest BCUT2D eigenvalue weighted by Gasteiger charge is 2.65. The van der Waals surface area contributed by atoms with E-state index in [2.05, 4.69) is 82.0 Å². The number of alkyl halides is 3. The van der Waals surface area contributed by atoms with Crippen molar-refractivity contribution in [3.8, 4) is 17.0 Å². The Labute approximate surface area is 251 Å². The van der Waals surface area contributed by atoms with E-state index in [0.29, 0.717) is 12.1 Å². The van der Waals surface area contributed by atoms with Crippen molar-refractivity contribution in [2.24, 2.45) is 0 Å². The molecule has 0 unspecified atom stereocenters. The third kappa shape index (κ3) is 5.23. The van der Waals surface area contributed by atoms with Gasteiger partial charge < -0.3 is 25.4 Å². The van der Waals surface area contributed by atoms with Gasteiger partial charge in [0.1, 0.15) is 5.75 Å². The molecule has 3 aliphatic rings. The maximum atomic E-state index is 13.1. The zero-order valence-corrected chi connectivity index (χ0v) is 24.3. The van der Waals surface area contributed by atoms with Gasteiger partial charge in [0.25, 0.3) is 0 Å². The Morgan fingerprint density at radius 2 is 1.73 bits per heavy atom. The van der Waals surface area contributed by atoms with E-state index in [1.165, 1.54) is 5.69 Å². The number of carboxylic acid groups (broad SMARTS) is 1. The number of anilines is 2. The van der Waals surface area contributed by atoms with E-state index in [4.69, 9.17) is 14.6 Å². The molecule has 1 amide bonds. The number of hydrogen-bond acceptors (Lipinski definition) is 6. The van der Waals surface area contributed by atoms with Crippen LogP contribution in [0.1, 0.15) is 37.3 Å². The molecular formula is C32H32F3N5O4. The zero-order valence-electron chi connectivity index (χ0n) is 24.3. The minimum absolute atomic E-state index is 0.0829. The second-order valence-corrected chi connectivity index (χ2v) is 11.7. The molecule has 3 aromatic carbocycles. The number of hydrogen-bond donors (Lipinski definition) is 4. The number of amides is 1. The molecule has 4 aromatic rings. The summed E-state index contributed by atoms with van der Waals surface area (Å²) in [7, 11) is 1.66. The minimum atomic E-state index is -5.08. The van der Waals surface area contributed by atoms with Crippen LogP contribution in [0.15, 0.2) is 60.7 Å². The summed E-state index contributed by atoms with van der Waals surface area (Å²) in [5.41, 5.74) is 6.88. The van der Waals surface area contributed by atoms with Gasteiger partial charge in [-0.1, -0.05) is 24.3 Å². The van der Waals surface area contributed by atoms with Crippen LogP contribution in [0.4, 0.5) is 24.5 Å². The first-order valence-corrected chi connectivity index (χ1v) is 14.3. The van der Waals surface area contributed by atoms with Crippen molar-refractivity contribution in [2.45, 2.75) is 49.9 Å². The molecule has 4 atom stereocenters. The van der Waals surface area contributed by atoms with Crippen LogP contribution in [0.3, 0.4) is 0 Å². The topological polar surface area (TPSA) is 120 Å². The SMILES string of the molecule is COc1ccc2c(c1)[C@]1(C[C@H]1c1ccc3c(-c4ccc(N5C[C@@H](C)N[C@@H](C)C5)cc4)n[nH]c3c1)C(=O)N2.O=C(O)C(F)(F)F. The van der Waals surface area contributed by atoms with Crippen molar-refractivity contribution in [3.05, 3.63) is 71.8 Å². The van der Waals surface area contributed by atoms with Crippen molar-refractivity contribution in [3.63, 3.8) is 0 Å². The van der Waals surface area contributed by atoms with E-state index >= 15 is 0 Å². The van der Waals surface area contributed by atoms with Gasteiger partial charge >= 0.3 is 12.1 Å². The number of fused-ring (bicyclic) bond motifs is 3. The average Bonchev–Trinajstić information content (AvgIpc) is 3.51. The highest BCUT2D eigenvalue weighted by Crippen LogP contribution is 2.65. The molecule has 1 saturated carbocycles. The molecule has 44 heavy (non-hydrogen) atoms. The second kappa shape index (κ2) is 10.8. The van der Waals surface area contributed by atoms with Gasteiger partial charge in [0.2, 0.25) is 5.91 Å². The molecule has 1 aromatic heterocycles. The van der Waals surface area contributed by atoms with E-state index in [0.717, 1.165) is 64.2 Å². The fourth-order valence-electron chi connectivity index (χ4n) is 6.54. The molecule has 1 aliphatic carbocycles. The van der Waals surface area contributed by atoms with Crippen molar-refractivity contribution in [1.82, 2.24) is 15.5 Å². The Kier molecular flexibility index (Phi) is 7.27. The number of H-pyrrole nitrogens is 1. The Hall–Kier alpha value is -4.58. The summed E-state index contributed by atoms with van der Waals surface area (Å²) >= 11 is 0. The minimum Gasteiger partial charge on any atom is -0.497 e. The average molecular weight is 608 g/mol. The smallest absolute Gasteiger partial charge is 0.490 e. The van der Waals surface area contributed by atoms with Crippen molar-refractivity contribution in [2.75, 3.05) is 30.4 Å². The summed E-state index contributed by atoms with van der Waals surface area (Å²) < 4.78 is 37.2. The van der Waals surface area contributed by atoms with Crippen LogP contribution in [-0.2, 0) is 15.0 Å². The number of piperazine rings is 1. The molecule has 12 heteroatoms. The Bertz CT molecular complexity index is 1730. The van der Waals surface area contributed by atoms with Crippen molar-refractivity contribution < 1.29 is 32.6 Å². The predicted octanol–water partition coefficient (Wildman–Crippen LogP) is 5.44. The first kappa shape index (κ1) is 29.5. The van der Waals surface area contributed by atoms with Crippen molar-refractivity contribution >= 4 is 34.2 Å². The highest BCUT2D eigenvalue weighted by molar-refractivity contribution is 6.10. The quantitative estimate of drug-likeness (QED) is 0.244. The van der Waals surface area contributed by atoms with Crippen LogP contribution >= 0.6 is 0 Å². The number of rotatable bonds is 4. The molecule has 2 fully saturated rings. The van der Waals surface area contributed by atoms with E-state index in [9.17, 15) is 18.0 Å². The fourth-order valence-corrected chi connectivity index (χ4v) is 6.54. The summed E-state index contributed by atoms with van der Waals surface area (Å²) in [6.07, 6.45) is -4.28. The number of nitrogens with zero attached hydrogens (tertiary/aromatic N) is 2. The molecule has 0 bridgehead atoms. The number of carboxylic acids is 1. The number of carbonyl (C=O) groups is 2. The predicted molar refractivity (Wildman–Crippen MR) is 160 cm³/mol. The second-order valence-electron chi connectivity index (χ2n) is 11.7. The standard InChI is InChI=1S/C30H31N5O2.C2HF3O2/c1-17-15-35(16-18(2)31-17)21-7-4-19(5-8-21)28-23-10-6-20(12-27(23)33-34-28)25-14-30(25)24-13-22(37-3)9-11-26(24)32-29(30)36;3-2(4,5)1(6)7/h4-13,17-18,25,31H,14-16H2,1-3H3,(H,32,36)(H,33,34);(H,6,7)/t17-,18+,25-,30-;/m0./s1. The third-order valence-electron chi connectivity index (χ3n) is 8.62. The molecule has 0 radical (unpaired) electrons. The number of aromatic amines is 1. The lowest BCUT2D eigenvalue weighted by atomic mass is 9.91. The number of methoxy groups -OCH3 is 1. The van der Waals surface area contributed by atoms with Crippen LogP contribution < -0.4 is 20.3 Å². The van der Waals surface area contributed by atoms with Crippen LogP contribution in [0, 0.1) is 0 Å². The molecule has 9 nitrogen and oxygen atoms in total. The van der Waals surface area contributed by atoms with Gasteiger partial charge in [0.15, 0.2) is 0 Å². The zero-order chi connectivity index (χ0) is 31.4. The largest absolute Gasteiger partial charge is 0.497 e. The summed E-state index contributed by atoms with van der Waals surface area (Å²) in [4.78, 5) is 24.4. The Balaban J connectivity index is 0.000000441. The fraction of sp³-hybridized carbons (Fsp3) is 0.344. The molecule has 230 valence electrons. The monoisotopic (exact) mass is 607 g/mol. The summed E-state index contributed by atoms with van der Waals surface area (Å²) in [6, 6.07) is 22.0. The van der Waals surface area contributed by atoms with Crippen LogP contribution in [-0.4, -0.2) is 65.6 Å². The summed E-state index contributed by atoms with van der Waals surface area (Å²) in [6.45, 7) is 6.49. The Morgan fingerprint density at radius 3 is 2.36 bits per heavy atom. The summed E-state index contributed by atoms with van der Waals surface area (Å²) in [5.74, 6) is -1.76. The van der Waals surface area contributed by atoms with Gasteiger partial charge in [-0.25, -0.2) is 4.79 Å². The highest BCUT2D eigenvalue weighted by atomic mass is 19.4. The number of aromatic nitrogens is 2. The molecule has 1 saturated heterocycles. The molecule has 2 aliphatic heterocycles. The first-order chi connectivity index (χ1) is 20.9. The lowest BCUT2D eigenvalue weighted by molar-refractivity contribution is -0.192.